The minimum atomic E-state index is -0.242. The normalized spacial score (nSPS) is 12.3. The van der Waals surface area contributed by atoms with Crippen molar-refractivity contribution in [1.29, 1.82) is 0 Å². The second kappa shape index (κ2) is 6.23. The van der Waals surface area contributed by atoms with E-state index in [0.717, 1.165) is 5.56 Å². The second-order valence-electron chi connectivity index (χ2n) is 4.40. The highest BCUT2D eigenvalue weighted by atomic mass is 19.1. The fourth-order valence-corrected chi connectivity index (χ4v) is 1.57. The standard InChI is InChI=1S/C13H19FN2O/c1-9(2)12(16-13(17)15-3)8-10-4-6-11(14)7-5-10/h4-7,9,12H,8H2,1-3H3,(H2,15,16,17)/t12-/m1/s1. The number of amides is 2. The largest absolute Gasteiger partial charge is 0.341 e. The highest BCUT2D eigenvalue weighted by Crippen LogP contribution is 2.11. The molecule has 0 unspecified atom stereocenters. The van der Waals surface area contributed by atoms with Crippen molar-refractivity contribution in [1.82, 2.24) is 10.6 Å². The number of halogens is 1. The molecule has 0 aliphatic carbocycles. The smallest absolute Gasteiger partial charge is 0.314 e. The van der Waals surface area contributed by atoms with Gasteiger partial charge in [0.25, 0.3) is 0 Å². The zero-order chi connectivity index (χ0) is 12.8. The third-order valence-corrected chi connectivity index (χ3v) is 2.72. The first-order valence-corrected chi connectivity index (χ1v) is 5.75. The zero-order valence-corrected chi connectivity index (χ0v) is 10.5. The zero-order valence-electron chi connectivity index (χ0n) is 10.5. The van der Waals surface area contributed by atoms with Gasteiger partial charge >= 0.3 is 6.03 Å². The van der Waals surface area contributed by atoms with Crippen LogP contribution in [0.15, 0.2) is 24.3 Å². The topological polar surface area (TPSA) is 41.1 Å². The van der Waals surface area contributed by atoms with E-state index >= 15 is 0 Å². The summed E-state index contributed by atoms with van der Waals surface area (Å²) in [6.07, 6.45) is 0.700. The first-order valence-electron chi connectivity index (χ1n) is 5.75. The van der Waals surface area contributed by atoms with Gasteiger partial charge < -0.3 is 10.6 Å². The van der Waals surface area contributed by atoms with Gasteiger partial charge in [0.1, 0.15) is 5.82 Å². The maximum atomic E-state index is 12.8. The average molecular weight is 238 g/mol. The number of carbonyl (C=O) groups is 1. The van der Waals surface area contributed by atoms with Crippen LogP contribution in [0.1, 0.15) is 19.4 Å². The van der Waals surface area contributed by atoms with Crippen LogP contribution in [-0.4, -0.2) is 19.1 Å². The lowest BCUT2D eigenvalue weighted by molar-refractivity contribution is 0.234. The van der Waals surface area contributed by atoms with E-state index in [0.29, 0.717) is 12.3 Å². The van der Waals surface area contributed by atoms with Crippen molar-refractivity contribution in [2.24, 2.45) is 5.92 Å². The van der Waals surface area contributed by atoms with Gasteiger partial charge in [-0.25, -0.2) is 9.18 Å². The summed E-state index contributed by atoms with van der Waals surface area (Å²) in [4.78, 5) is 11.3. The van der Waals surface area contributed by atoms with Crippen molar-refractivity contribution < 1.29 is 9.18 Å². The van der Waals surface area contributed by atoms with Gasteiger partial charge in [0.2, 0.25) is 0 Å². The first-order chi connectivity index (χ1) is 8.02. The van der Waals surface area contributed by atoms with Crippen molar-refractivity contribution in [3.63, 3.8) is 0 Å². The molecule has 17 heavy (non-hydrogen) atoms. The first kappa shape index (κ1) is 13.5. The van der Waals surface area contributed by atoms with Crippen LogP contribution in [0.5, 0.6) is 0 Å². The molecule has 94 valence electrons. The Morgan fingerprint density at radius 3 is 2.35 bits per heavy atom. The number of rotatable bonds is 4. The molecular formula is C13H19FN2O. The molecule has 4 heteroatoms. The van der Waals surface area contributed by atoms with E-state index in [9.17, 15) is 9.18 Å². The fraction of sp³-hybridized carbons (Fsp3) is 0.462. The van der Waals surface area contributed by atoms with Crippen LogP contribution in [0.3, 0.4) is 0 Å². The monoisotopic (exact) mass is 238 g/mol. The molecule has 0 aromatic heterocycles. The lowest BCUT2D eigenvalue weighted by atomic mass is 9.96. The maximum Gasteiger partial charge on any atom is 0.314 e. The molecule has 0 heterocycles. The van der Waals surface area contributed by atoms with E-state index in [1.54, 1.807) is 19.2 Å². The van der Waals surface area contributed by atoms with Crippen LogP contribution < -0.4 is 10.6 Å². The number of benzene rings is 1. The molecule has 0 aliphatic rings. The predicted octanol–water partition coefficient (Wildman–Crippen LogP) is 2.32. The van der Waals surface area contributed by atoms with E-state index in [-0.39, 0.29) is 17.9 Å². The van der Waals surface area contributed by atoms with Gasteiger partial charge in [0, 0.05) is 13.1 Å². The maximum absolute atomic E-state index is 12.8. The molecule has 3 nitrogen and oxygen atoms in total. The van der Waals surface area contributed by atoms with Gasteiger partial charge in [0.05, 0.1) is 0 Å². The van der Waals surface area contributed by atoms with Crippen molar-refractivity contribution in [3.05, 3.63) is 35.6 Å². The number of hydrogen-bond donors (Lipinski definition) is 2. The third kappa shape index (κ3) is 4.43. The summed E-state index contributed by atoms with van der Waals surface area (Å²) in [5.74, 6) is 0.0754. The number of hydrogen-bond acceptors (Lipinski definition) is 1. The molecular weight excluding hydrogens is 219 g/mol. The van der Waals surface area contributed by atoms with E-state index in [1.165, 1.54) is 12.1 Å². The van der Waals surface area contributed by atoms with Crippen molar-refractivity contribution in [3.8, 4) is 0 Å². The SMILES string of the molecule is CNC(=O)N[C@H](Cc1ccc(F)cc1)C(C)C. The molecule has 0 spiro atoms. The summed E-state index contributed by atoms with van der Waals surface area (Å²) in [5, 5.41) is 5.42. The molecule has 1 rings (SSSR count). The Bertz CT molecular complexity index is 362. The van der Waals surface area contributed by atoms with Gasteiger partial charge in [-0.05, 0) is 30.0 Å². The number of nitrogens with one attached hydrogen (secondary N) is 2. The summed E-state index contributed by atoms with van der Waals surface area (Å²) < 4.78 is 12.8. The van der Waals surface area contributed by atoms with Crippen LogP contribution in [0.25, 0.3) is 0 Å². The molecule has 0 radical (unpaired) electrons. The fourth-order valence-electron chi connectivity index (χ4n) is 1.57. The van der Waals surface area contributed by atoms with E-state index in [1.807, 2.05) is 13.8 Å². The summed E-state index contributed by atoms with van der Waals surface area (Å²) >= 11 is 0. The lowest BCUT2D eigenvalue weighted by Gasteiger charge is -2.22. The minimum absolute atomic E-state index is 0.0420. The van der Waals surface area contributed by atoms with E-state index in [4.69, 9.17) is 0 Å². The number of urea groups is 1. The Morgan fingerprint density at radius 2 is 1.88 bits per heavy atom. The molecule has 1 aromatic carbocycles. The van der Waals surface area contributed by atoms with Crippen molar-refractivity contribution in [2.75, 3.05) is 7.05 Å². The van der Waals surface area contributed by atoms with Gasteiger partial charge in [-0.1, -0.05) is 26.0 Å². The van der Waals surface area contributed by atoms with Crippen LogP contribution in [-0.2, 0) is 6.42 Å². The highest BCUT2D eigenvalue weighted by molar-refractivity contribution is 5.73. The summed E-state index contributed by atoms with van der Waals surface area (Å²) in [5.41, 5.74) is 1.02. The minimum Gasteiger partial charge on any atom is -0.341 e. The molecule has 0 aliphatic heterocycles. The van der Waals surface area contributed by atoms with Crippen LogP contribution in [0.4, 0.5) is 9.18 Å². The van der Waals surface area contributed by atoms with Crippen LogP contribution in [0.2, 0.25) is 0 Å². The Labute approximate surface area is 101 Å². The van der Waals surface area contributed by atoms with E-state index < -0.39 is 0 Å². The van der Waals surface area contributed by atoms with Crippen LogP contribution >= 0.6 is 0 Å². The quantitative estimate of drug-likeness (QED) is 0.830. The van der Waals surface area contributed by atoms with Crippen molar-refractivity contribution in [2.45, 2.75) is 26.3 Å². The molecule has 2 amide bonds. The molecule has 0 fully saturated rings. The van der Waals surface area contributed by atoms with Gasteiger partial charge in [-0.15, -0.1) is 0 Å². The highest BCUT2D eigenvalue weighted by Gasteiger charge is 2.15. The van der Waals surface area contributed by atoms with Gasteiger partial charge in [-0.2, -0.15) is 0 Å². The summed E-state index contributed by atoms with van der Waals surface area (Å²) in [7, 11) is 1.59. The van der Waals surface area contributed by atoms with E-state index in [2.05, 4.69) is 10.6 Å². The lowest BCUT2D eigenvalue weighted by Crippen LogP contribution is -2.44. The molecule has 0 saturated carbocycles. The average Bonchev–Trinajstić information content (AvgIpc) is 2.30. The Hall–Kier alpha value is -1.58. The van der Waals surface area contributed by atoms with Crippen molar-refractivity contribution >= 4 is 6.03 Å². The predicted molar refractivity (Wildman–Crippen MR) is 66.3 cm³/mol. The Kier molecular flexibility index (Phi) is 4.94. The summed E-state index contributed by atoms with van der Waals surface area (Å²) in [6, 6.07) is 6.22. The molecule has 0 bridgehead atoms. The number of carbonyl (C=O) groups excluding carboxylic acids is 1. The molecule has 2 N–H and O–H groups in total. The van der Waals surface area contributed by atoms with Crippen LogP contribution in [0, 0.1) is 11.7 Å². The van der Waals surface area contributed by atoms with Gasteiger partial charge in [-0.3, -0.25) is 0 Å². The third-order valence-electron chi connectivity index (χ3n) is 2.72. The molecule has 1 atom stereocenters. The molecule has 0 saturated heterocycles. The second-order valence-corrected chi connectivity index (χ2v) is 4.40. The molecule has 1 aromatic rings. The Balaban J connectivity index is 2.66. The Morgan fingerprint density at radius 1 is 1.29 bits per heavy atom. The summed E-state index contributed by atoms with van der Waals surface area (Å²) in [6.45, 7) is 4.09. The van der Waals surface area contributed by atoms with Gasteiger partial charge in [0.15, 0.2) is 0 Å².